The highest BCUT2D eigenvalue weighted by molar-refractivity contribution is 7.90. The van der Waals surface area contributed by atoms with Gasteiger partial charge in [0.25, 0.3) is 0 Å². The van der Waals surface area contributed by atoms with Gasteiger partial charge in [-0.3, -0.25) is 4.79 Å². The van der Waals surface area contributed by atoms with Crippen molar-refractivity contribution < 1.29 is 14.5 Å². The van der Waals surface area contributed by atoms with Crippen LogP contribution in [0.5, 0.6) is 0 Å². The average molecular weight is 329 g/mol. The lowest BCUT2D eigenvalue weighted by molar-refractivity contribution is -0.125. The second kappa shape index (κ2) is 10.1. The van der Waals surface area contributed by atoms with Gasteiger partial charge in [0.15, 0.2) is 0 Å². The molecule has 6 heteroatoms. The van der Waals surface area contributed by atoms with Gasteiger partial charge >= 0.3 is 0 Å². The number of thiol groups is 1. The fourth-order valence-electron chi connectivity index (χ4n) is 1.98. The largest absolute Gasteiger partial charge is 0.617 e. The maximum absolute atomic E-state index is 12.2. The number of aliphatic hydroxyl groups is 1. The first kappa shape index (κ1) is 18.4. The molecule has 0 fully saturated rings. The van der Waals surface area contributed by atoms with Crippen LogP contribution in [0.25, 0.3) is 0 Å². The quantitative estimate of drug-likeness (QED) is 0.468. The number of hydrogen-bond donors (Lipinski definition) is 3. The van der Waals surface area contributed by atoms with Crippen LogP contribution in [-0.4, -0.2) is 46.0 Å². The Hall–Kier alpha value is -0.690. The molecule has 118 valence electrons. The van der Waals surface area contributed by atoms with E-state index in [2.05, 4.69) is 17.9 Å². The fourth-order valence-corrected chi connectivity index (χ4v) is 2.89. The van der Waals surface area contributed by atoms with Gasteiger partial charge in [-0.05, 0) is 12.0 Å². The highest BCUT2D eigenvalue weighted by atomic mass is 32.2. The van der Waals surface area contributed by atoms with E-state index in [1.165, 1.54) is 0 Å². The minimum Gasteiger partial charge on any atom is -0.617 e. The molecule has 0 aliphatic rings. The number of rotatable bonds is 9. The highest BCUT2D eigenvalue weighted by Crippen LogP contribution is 2.11. The second-order valence-electron chi connectivity index (χ2n) is 5.02. The van der Waals surface area contributed by atoms with Crippen LogP contribution in [0.4, 0.5) is 0 Å². The summed E-state index contributed by atoms with van der Waals surface area (Å²) in [5.74, 6) is 0.556. The van der Waals surface area contributed by atoms with Gasteiger partial charge in [-0.25, -0.2) is 0 Å². The fraction of sp³-hybridized carbons (Fsp3) is 0.533. The average Bonchev–Trinajstić information content (AvgIpc) is 2.49. The molecule has 4 nitrogen and oxygen atoms in total. The Morgan fingerprint density at radius 2 is 2.10 bits per heavy atom. The summed E-state index contributed by atoms with van der Waals surface area (Å²) >= 11 is 3.33. The molecule has 1 amide bonds. The molecule has 0 radical (unpaired) electrons. The minimum atomic E-state index is -0.924. The standard InChI is InChI=1S/C15H23NO3S2/c1-21(19)8-7-14(10-17)16-15(18)13(11-20)9-12-5-3-2-4-6-12/h2-6,13-14,17,20H,7-11H2,1H3,(H,16,18)/t13-,14+,21?/m1/s1. The summed E-state index contributed by atoms with van der Waals surface area (Å²) in [5, 5.41) is 12.1. The summed E-state index contributed by atoms with van der Waals surface area (Å²) < 4.78 is 11.1. The predicted molar refractivity (Wildman–Crippen MR) is 90.1 cm³/mol. The Labute approximate surface area is 134 Å². The van der Waals surface area contributed by atoms with Crippen molar-refractivity contribution in [1.82, 2.24) is 5.32 Å². The lowest BCUT2D eigenvalue weighted by Crippen LogP contribution is -2.43. The third-order valence-corrected chi connectivity index (χ3v) is 4.49. The molecule has 0 aliphatic heterocycles. The van der Waals surface area contributed by atoms with Crippen molar-refractivity contribution in [2.24, 2.45) is 5.92 Å². The van der Waals surface area contributed by atoms with Crippen molar-refractivity contribution in [3.05, 3.63) is 35.9 Å². The Balaban J connectivity index is 2.53. The highest BCUT2D eigenvalue weighted by Gasteiger charge is 2.21. The molecule has 0 spiro atoms. The first-order valence-electron chi connectivity index (χ1n) is 6.92. The van der Waals surface area contributed by atoms with Crippen LogP contribution in [0.2, 0.25) is 0 Å². The molecule has 1 aromatic carbocycles. The predicted octanol–water partition coefficient (Wildman–Crippen LogP) is 1.02. The van der Waals surface area contributed by atoms with E-state index in [0.29, 0.717) is 24.3 Å². The molecule has 0 bridgehead atoms. The van der Waals surface area contributed by atoms with E-state index in [1.54, 1.807) is 6.26 Å². The van der Waals surface area contributed by atoms with Crippen molar-refractivity contribution in [2.45, 2.75) is 18.9 Å². The van der Waals surface area contributed by atoms with Gasteiger partial charge in [0.05, 0.1) is 24.8 Å². The third kappa shape index (κ3) is 7.22. The molecule has 0 aliphatic carbocycles. The van der Waals surface area contributed by atoms with Crippen molar-refractivity contribution in [2.75, 3.05) is 24.4 Å². The number of hydrogen-bond acceptors (Lipinski definition) is 4. The summed E-state index contributed by atoms with van der Waals surface area (Å²) in [6.07, 6.45) is 2.74. The van der Waals surface area contributed by atoms with Crippen LogP contribution >= 0.6 is 12.6 Å². The van der Waals surface area contributed by atoms with E-state index in [1.807, 2.05) is 30.3 Å². The van der Waals surface area contributed by atoms with Gasteiger partial charge in [0, 0.05) is 12.2 Å². The molecule has 1 unspecified atom stereocenters. The van der Waals surface area contributed by atoms with Crippen LogP contribution in [0, 0.1) is 5.92 Å². The molecular weight excluding hydrogens is 306 g/mol. The number of aliphatic hydroxyl groups excluding tert-OH is 1. The van der Waals surface area contributed by atoms with Crippen LogP contribution in [-0.2, 0) is 22.4 Å². The van der Waals surface area contributed by atoms with Gasteiger partial charge < -0.3 is 15.0 Å². The van der Waals surface area contributed by atoms with Crippen molar-refractivity contribution >= 4 is 29.7 Å². The summed E-state index contributed by atoms with van der Waals surface area (Å²) in [7, 11) is 0. The minimum absolute atomic E-state index is 0.116. The normalized spacial score (nSPS) is 15.2. The number of benzene rings is 1. The van der Waals surface area contributed by atoms with Gasteiger partial charge in [-0.2, -0.15) is 12.6 Å². The monoisotopic (exact) mass is 329 g/mol. The summed E-state index contributed by atoms with van der Waals surface area (Å²) in [6.45, 7) is -0.145. The van der Waals surface area contributed by atoms with Crippen molar-refractivity contribution in [3.63, 3.8) is 0 Å². The van der Waals surface area contributed by atoms with Gasteiger partial charge in [0.1, 0.15) is 5.75 Å². The third-order valence-electron chi connectivity index (χ3n) is 3.24. The zero-order valence-electron chi connectivity index (χ0n) is 12.2. The Morgan fingerprint density at radius 1 is 1.43 bits per heavy atom. The van der Waals surface area contributed by atoms with Gasteiger partial charge in [-0.1, -0.05) is 41.5 Å². The summed E-state index contributed by atoms with van der Waals surface area (Å²) in [5.41, 5.74) is 1.09. The number of carbonyl (C=O) groups excluding carboxylic acids is 1. The number of nitrogens with one attached hydrogen (secondary N) is 1. The van der Waals surface area contributed by atoms with Crippen LogP contribution < -0.4 is 5.32 Å². The molecule has 0 saturated heterocycles. The van der Waals surface area contributed by atoms with Gasteiger partial charge in [0.2, 0.25) is 5.91 Å². The first-order chi connectivity index (χ1) is 10.1. The zero-order valence-corrected chi connectivity index (χ0v) is 13.9. The van der Waals surface area contributed by atoms with Crippen molar-refractivity contribution in [3.8, 4) is 0 Å². The van der Waals surface area contributed by atoms with E-state index in [0.717, 1.165) is 5.56 Å². The Bertz CT molecular complexity index is 415. The number of amides is 1. The van der Waals surface area contributed by atoms with Crippen LogP contribution in [0.1, 0.15) is 12.0 Å². The molecular formula is C15H23NO3S2. The van der Waals surface area contributed by atoms with Gasteiger partial charge in [-0.15, -0.1) is 0 Å². The lowest BCUT2D eigenvalue weighted by Gasteiger charge is -2.20. The Morgan fingerprint density at radius 3 is 2.62 bits per heavy atom. The van der Waals surface area contributed by atoms with E-state index in [9.17, 15) is 14.5 Å². The molecule has 2 N–H and O–H groups in total. The van der Waals surface area contributed by atoms with Crippen LogP contribution in [0.15, 0.2) is 30.3 Å². The molecule has 3 atom stereocenters. The molecule has 1 rings (SSSR count). The van der Waals surface area contributed by atoms with E-state index in [4.69, 9.17) is 0 Å². The topological polar surface area (TPSA) is 72.4 Å². The maximum atomic E-state index is 12.2. The lowest BCUT2D eigenvalue weighted by atomic mass is 9.99. The summed E-state index contributed by atoms with van der Waals surface area (Å²) in [6, 6.07) is 9.43. The molecule has 21 heavy (non-hydrogen) atoms. The number of carbonyl (C=O) groups is 1. The molecule has 0 aromatic heterocycles. The zero-order chi connectivity index (χ0) is 15.7. The molecule has 1 aromatic rings. The Kier molecular flexibility index (Phi) is 8.84. The summed E-state index contributed by atoms with van der Waals surface area (Å²) in [4.78, 5) is 12.2. The first-order valence-corrected chi connectivity index (χ1v) is 9.28. The second-order valence-corrected chi connectivity index (χ2v) is 6.94. The SMILES string of the molecule is C[S+]([O-])CC[C@@H](CO)NC(=O)[C@@H](CS)Cc1ccccc1. The molecule has 0 heterocycles. The van der Waals surface area contributed by atoms with E-state index >= 15 is 0 Å². The van der Waals surface area contributed by atoms with E-state index in [-0.39, 0.29) is 24.5 Å². The molecule has 0 saturated carbocycles. The smallest absolute Gasteiger partial charge is 0.224 e. The van der Waals surface area contributed by atoms with Crippen LogP contribution in [0.3, 0.4) is 0 Å². The maximum Gasteiger partial charge on any atom is 0.224 e. The van der Waals surface area contributed by atoms with E-state index < -0.39 is 11.2 Å². The van der Waals surface area contributed by atoms with Crippen molar-refractivity contribution in [1.29, 1.82) is 0 Å².